The smallest absolute Gasteiger partial charge is 0.398 e. The maximum atomic E-state index is 13.1. The molecule has 3 rings (SSSR count). The normalized spacial score (nSPS) is 15.0. The van der Waals surface area contributed by atoms with Gasteiger partial charge >= 0.3 is 6.18 Å². The van der Waals surface area contributed by atoms with E-state index in [0.29, 0.717) is 35.2 Å². The Morgan fingerprint density at radius 1 is 1.19 bits per heavy atom. The SMILES string of the molecule is CNC(=O)/C(=N/OC)c1cccc(C)c1CO/N=C1\CCc2ccc(C(F)(F)F)cc21. The van der Waals surface area contributed by atoms with Crippen LogP contribution in [-0.4, -0.2) is 31.5 Å². The summed E-state index contributed by atoms with van der Waals surface area (Å²) in [5.41, 5.74) is 3.13. The summed E-state index contributed by atoms with van der Waals surface area (Å²) in [4.78, 5) is 22.6. The van der Waals surface area contributed by atoms with E-state index in [1.54, 1.807) is 12.1 Å². The predicted octanol–water partition coefficient (Wildman–Crippen LogP) is 3.98. The number of hydrogen-bond donors (Lipinski definition) is 1. The van der Waals surface area contributed by atoms with Crippen LogP contribution in [0.25, 0.3) is 0 Å². The number of fused-ring (bicyclic) bond motifs is 1. The van der Waals surface area contributed by atoms with Crippen molar-refractivity contribution in [2.24, 2.45) is 10.3 Å². The highest BCUT2D eigenvalue weighted by atomic mass is 19.4. The maximum absolute atomic E-state index is 13.1. The van der Waals surface area contributed by atoms with Crippen LogP contribution in [0.15, 0.2) is 46.7 Å². The number of halogens is 3. The highest BCUT2D eigenvalue weighted by Gasteiger charge is 2.32. The molecule has 0 aliphatic heterocycles. The van der Waals surface area contributed by atoms with Crippen LogP contribution >= 0.6 is 0 Å². The lowest BCUT2D eigenvalue weighted by Gasteiger charge is -2.13. The monoisotopic (exact) mass is 433 g/mol. The van der Waals surface area contributed by atoms with Gasteiger partial charge in [0.1, 0.15) is 13.7 Å². The van der Waals surface area contributed by atoms with Crippen molar-refractivity contribution < 1.29 is 27.6 Å². The van der Waals surface area contributed by atoms with Crippen molar-refractivity contribution in [1.82, 2.24) is 5.32 Å². The van der Waals surface area contributed by atoms with Gasteiger partial charge in [-0.25, -0.2) is 0 Å². The van der Waals surface area contributed by atoms with Crippen molar-refractivity contribution in [3.8, 4) is 0 Å². The molecular weight excluding hydrogens is 411 g/mol. The third-order valence-electron chi connectivity index (χ3n) is 5.05. The number of carbonyl (C=O) groups is 1. The first-order valence-electron chi connectivity index (χ1n) is 9.57. The van der Waals surface area contributed by atoms with Crippen LogP contribution < -0.4 is 5.32 Å². The van der Waals surface area contributed by atoms with Gasteiger partial charge in [0.15, 0.2) is 5.71 Å². The topological polar surface area (TPSA) is 72.3 Å². The molecule has 9 heteroatoms. The summed E-state index contributed by atoms with van der Waals surface area (Å²) in [5.74, 6) is -0.426. The fourth-order valence-electron chi connectivity index (χ4n) is 3.44. The van der Waals surface area contributed by atoms with Crippen LogP contribution in [0.2, 0.25) is 0 Å². The lowest BCUT2D eigenvalue weighted by atomic mass is 9.98. The van der Waals surface area contributed by atoms with E-state index in [1.165, 1.54) is 20.2 Å². The molecule has 0 unspecified atom stereocenters. The standard InChI is InChI=1S/C22H22F3N3O3/c1-13-5-4-6-16(20(28-30-3)21(29)26-2)18(13)12-31-27-19-10-8-14-7-9-15(11-17(14)19)22(23,24)25/h4-7,9,11H,8,10,12H2,1-3H3,(H,26,29)/b27-19+,28-20+. The van der Waals surface area contributed by atoms with E-state index in [1.807, 2.05) is 13.0 Å². The number of aryl methyl sites for hydroxylation is 2. The van der Waals surface area contributed by atoms with Crippen LogP contribution in [0.1, 0.15) is 39.8 Å². The van der Waals surface area contributed by atoms with Gasteiger partial charge in [-0.1, -0.05) is 34.6 Å². The molecule has 1 N–H and O–H groups in total. The fourth-order valence-corrected chi connectivity index (χ4v) is 3.44. The highest BCUT2D eigenvalue weighted by molar-refractivity contribution is 6.45. The number of likely N-dealkylation sites (N-methyl/N-ethyl adjacent to an activating group) is 1. The molecule has 0 fully saturated rings. The van der Waals surface area contributed by atoms with Crippen LogP contribution in [0.3, 0.4) is 0 Å². The average molecular weight is 433 g/mol. The van der Waals surface area contributed by atoms with E-state index in [2.05, 4.69) is 15.6 Å². The fraction of sp³-hybridized carbons (Fsp3) is 0.318. The minimum atomic E-state index is -4.42. The summed E-state index contributed by atoms with van der Waals surface area (Å²) in [6, 6.07) is 9.02. The van der Waals surface area contributed by atoms with Crippen molar-refractivity contribution in [3.63, 3.8) is 0 Å². The average Bonchev–Trinajstić information content (AvgIpc) is 3.14. The second-order valence-electron chi connectivity index (χ2n) is 6.98. The van der Waals surface area contributed by atoms with Crippen molar-refractivity contribution in [3.05, 3.63) is 69.8 Å². The molecule has 0 saturated carbocycles. The first-order valence-corrected chi connectivity index (χ1v) is 9.57. The van der Waals surface area contributed by atoms with Gasteiger partial charge in [0.05, 0.1) is 11.3 Å². The Morgan fingerprint density at radius 2 is 1.97 bits per heavy atom. The number of alkyl halides is 3. The molecule has 2 aromatic rings. The number of nitrogens with zero attached hydrogens (tertiary/aromatic N) is 2. The molecule has 1 aliphatic rings. The Morgan fingerprint density at radius 3 is 2.65 bits per heavy atom. The Kier molecular flexibility index (Phi) is 6.62. The number of rotatable bonds is 6. The zero-order valence-electron chi connectivity index (χ0n) is 17.3. The van der Waals surface area contributed by atoms with Gasteiger partial charge in [-0.05, 0) is 43.0 Å². The summed E-state index contributed by atoms with van der Waals surface area (Å²) >= 11 is 0. The predicted molar refractivity (Wildman–Crippen MR) is 110 cm³/mol. The van der Waals surface area contributed by atoms with Gasteiger partial charge in [-0.3, -0.25) is 4.79 Å². The molecule has 0 spiro atoms. The second kappa shape index (κ2) is 9.20. The molecule has 0 aromatic heterocycles. The van der Waals surface area contributed by atoms with E-state index < -0.39 is 17.6 Å². The van der Waals surface area contributed by atoms with E-state index in [-0.39, 0.29) is 12.3 Å². The Balaban J connectivity index is 1.87. The number of amides is 1. The molecule has 2 aromatic carbocycles. The van der Waals surface area contributed by atoms with Gasteiger partial charge < -0.3 is 15.0 Å². The van der Waals surface area contributed by atoms with Crippen molar-refractivity contribution in [2.75, 3.05) is 14.2 Å². The lowest BCUT2D eigenvalue weighted by molar-refractivity contribution is -0.137. The Hall–Kier alpha value is -3.36. The molecule has 6 nitrogen and oxygen atoms in total. The quantitative estimate of drug-likeness (QED) is 0.553. The molecule has 1 aliphatic carbocycles. The number of hydrogen-bond acceptors (Lipinski definition) is 5. The van der Waals surface area contributed by atoms with E-state index in [4.69, 9.17) is 9.68 Å². The lowest BCUT2D eigenvalue weighted by Crippen LogP contribution is -2.29. The van der Waals surface area contributed by atoms with Crippen molar-refractivity contribution in [2.45, 2.75) is 32.5 Å². The number of nitrogens with one attached hydrogen (secondary N) is 1. The minimum Gasteiger partial charge on any atom is -0.398 e. The van der Waals surface area contributed by atoms with Crippen molar-refractivity contribution >= 4 is 17.3 Å². The molecular formula is C22H22F3N3O3. The summed E-state index contributed by atoms with van der Waals surface area (Å²) in [7, 11) is 2.83. The van der Waals surface area contributed by atoms with E-state index in [9.17, 15) is 18.0 Å². The zero-order chi connectivity index (χ0) is 22.6. The largest absolute Gasteiger partial charge is 0.416 e. The van der Waals surface area contributed by atoms with Crippen LogP contribution in [0.4, 0.5) is 13.2 Å². The van der Waals surface area contributed by atoms with Crippen LogP contribution in [0, 0.1) is 6.92 Å². The van der Waals surface area contributed by atoms with Gasteiger partial charge in [-0.2, -0.15) is 13.2 Å². The van der Waals surface area contributed by atoms with Gasteiger partial charge in [0, 0.05) is 23.7 Å². The molecule has 0 saturated heterocycles. The van der Waals surface area contributed by atoms with E-state index >= 15 is 0 Å². The van der Waals surface area contributed by atoms with Gasteiger partial charge in [-0.15, -0.1) is 0 Å². The number of carbonyl (C=O) groups excluding carboxylic acids is 1. The molecule has 0 heterocycles. The first kappa shape index (κ1) is 22.3. The maximum Gasteiger partial charge on any atom is 0.416 e. The number of oxime groups is 2. The third-order valence-corrected chi connectivity index (χ3v) is 5.05. The molecule has 1 amide bonds. The summed E-state index contributed by atoms with van der Waals surface area (Å²) < 4.78 is 39.2. The first-order chi connectivity index (χ1) is 14.8. The number of benzene rings is 2. The third kappa shape index (κ3) is 4.87. The molecule has 31 heavy (non-hydrogen) atoms. The molecule has 0 atom stereocenters. The Bertz CT molecular complexity index is 1050. The van der Waals surface area contributed by atoms with E-state index in [0.717, 1.165) is 23.3 Å². The molecule has 0 bridgehead atoms. The van der Waals surface area contributed by atoms with Gasteiger partial charge in [0.25, 0.3) is 5.91 Å². The van der Waals surface area contributed by atoms with Gasteiger partial charge in [0.2, 0.25) is 0 Å². The summed E-state index contributed by atoms with van der Waals surface area (Å²) in [6.45, 7) is 1.86. The summed E-state index contributed by atoms with van der Waals surface area (Å²) in [5, 5.41) is 10.4. The van der Waals surface area contributed by atoms with Crippen molar-refractivity contribution in [1.29, 1.82) is 0 Å². The highest BCUT2D eigenvalue weighted by Crippen LogP contribution is 2.33. The molecule has 164 valence electrons. The Labute approximate surface area is 177 Å². The minimum absolute atomic E-state index is 0.0134. The van der Waals surface area contributed by atoms with Crippen LogP contribution in [0.5, 0.6) is 0 Å². The zero-order valence-corrected chi connectivity index (χ0v) is 17.3. The second-order valence-corrected chi connectivity index (χ2v) is 6.98. The summed E-state index contributed by atoms with van der Waals surface area (Å²) in [6.07, 6.45) is -3.32. The molecule has 0 radical (unpaired) electrons. The van der Waals surface area contributed by atoms with Crippen LogP contribution in [-0.2, 0) is 33.7 Å².